The highest BCUT2D eigenvalue weighted by molar-refractivity contribution is 6.15. The normalized spacial score (nSPS) is 14.6. The predicted octanol–water partition coefficient (Wildman–Crippen LogP) is 7.39. The average Bonchev–Trinajstić information content (AvgIpc) is 3.25. The van der Waals surface area contributed by atoms with Crippen molar-refractivity contribution in [3.8, 4) is 16.8 Å². The van der Waals surface area contributed by atoms with Gasteiger partial charge in [-0.1, -0.05) is 61.7 Å². The number of aryl methyl sites for hydroxylation is 1. The van der Waals surface area contributed by atoms with Gasteiger partial charge in [-0.15, -0.1) is 0 Å². The molecule has 0 bridgehead atoms. The monoisotopic (exact) mass is 461 g/mol. The second-order valence-corrected chi connectivity index (χ2v) is 9.73. The number of rotatable bonds is 5. The Morgan fingerprint density at radius 2 is 1.74 bits per heavy atom. The van der Waals surface area contributed by atoms with Crippen molar-refractivity contribution >= 4 is 27.5 Å². The predicted molar refractivity (Wildman–Crippen MR) is 145 cm³/mol. The first-order valence-corrected chi connectivity index (χ1v) is 12.7. The lowest BCUT2D eigenvalue weighted by molar-refractivity contribution is 0.277. The zero-order chi connectivity index (χ0) is 23.8. The molecular formula is C31H31N3O. The summed E-state index contributed by atoms with van der Waals surface area (Å²) >= 11 is 0. The molecule has 0 radical (unpaired) electrons. The second kappa shape index (κ2) is 9.20. The maximum absolute atomic E-state index is 9.42. The summed E-state index contributed by atoms with van der Waals surface area (Å²) in [5, 5.41) is 15.7. The van der Waals surface area contributed by atoms with E-state index in [1.54, 1.807) is 0 Å². The number of fused-ring (bicyclic) bond motifs is 3. The van der Waals surface area contributed by atoms with Gasteiger partial charge in [0.2, 0.25) is 0 Å². The molecular weight excluding hydrogens is 430 g/mol. The number of benzene rings is 3. The lowest BCUT2D eigenvalue weighted by atomic mass is 9.95. The number of aliphatic hydroxyl groups is 1. The first-order valence-electron chi connectivity index (χ1n) is 12.7. The lowest BCUT2D eigenvalue weighted by Gasteiger charge is -2.25. The zero-order valence-electron chi connectivity index (χ0n) is 20.2. The standard InChI is InChI=1S/C31H31N3O/c1-21-14-17-25(18-28(21)33-23-8-3-2-4-9-23)34-29-12-6-5-10-27(29)31-26(11-7-13-30(31)34)22-15-16-24(20-35)32-19-22/h5-7,10-19,23,33,35H,2-4,8-9,20H2,1H3. The van der Waals surface area contributed by atoms with Gasteiger partial charge in [-0.25, -0.2) is 0 Å². The van der Waals surface area contributed by atoms with Crippen LogP contribution in [0.4, 0.5) is 5.69 Å². The van der Waals surface area contributed by atoms with E-state index in [0.717, 1.165) is 11.1 Å². The van der Waals surface area contributed by atoms with Crippen LogP contribution in [0.1, 0.15) is 43.4 Å². The van der Waals surface area contributed by atoms with Gasteiger partial charge < -0.3 is 15.0 Å². The molecule has 1 fully saturated rings. The van der Waals surface area contributed by atoms with E-state index in [2.05, 4.69) is 88.5 Å². The summed E-state index contributed by atoms with van der Waals surface area (Å²) in [5.41, 5.74) is 8.97. The molecule has 3 aromatic carbocycles. The Bertz CT molecular complexity index is 1490. The number of para-hydroxylation sites is 1. The molecule has 0 atom stereocenters. The molecule has 4 nitrogen and oxygen atoms in total. The van der Waals surface area contributed by atoms with E-state index in [4.69, 9.17) is 0 Å². The fraction of sp³-hybridized carbons (Fsp3) is 0.258. The minimum atomic E-state index is -0.0472. The van der Waals surface area contributed by atoms with Crippen LogP contribution in [0.15, 0.2) is 79.0 Å². The molecule has 0 amide bonds. The smallest absolute Gasteiger partial charge is 0.0852 e. The second-order valence-electron chi connectivity index (χ2n) is 9.73. The molecule has 0 unspecified atom stereocenters. The number of hydrogen-bond donors (Lipinski definition) is 2. The lowest BCUT2D eigenvalue weighted by Crippen LogP contribution is -2.22. The van der Waals surface area contributed by atoms with Gasteiger partial charge in [0.15, 0.2) is 0 Å². The molecule has 2 heterocycles. The van der Waals surface area contributed by atoms with Crippen molar-refractivity contribution in [2.45, 2.75) is 51.7 Å². The highest BCUT2D eigenvalue weighted by atomic mass is 16.3. The van der Waals surface area contributed by atoms with Crippen molar-refractivity contribution in [2.75, 3.05) is 5.32 Å². The number of hydrogen-bond acceptors (Lipinski definition) is 3. The summed E-state index contributed by atoms with van der Waals surface area (Å²) in [6.45, 7) is 2.15. The van der Waals surface area contributed by atoms with Gasteiger partial charge in [-0.05, 0) is 61.2 Å². The van der Waals surface area contributed by atoms with Crippen LogP contribution in [0.5, 0.6) is 0 Å². The van der Waals surface area contributed by atoms with Crippen molar-refractivity contribution in [3.05, 3.63) is 90.3 Å². The minimum Gasteiger partial charge on any atom is -0.390 e. The van der Waals surface area contributed by atoms with E-state index in [1.165, 1.54) is 70.8 Å². The van der Waals surface area contributed by atoms with Crippen LogP contribution in [-0.4, -0.2) is 20.7 Å². The number of aliphatic hydroxyl groups excluding tert-OH is 1. The quantitative estimate of drug-likeness (QED) is 0.287. The molecule has 4 heteroatoms. The van der Waals surface area contributed by atoms with E-state index in [0.29, 0.717) is 11.7 Å². The van der Waals surface area contributed by atoms with Crippen LogP contribution in [0.2, 0.25) is 0 Å². The van der Waals surface area contributed by atoms with E-state index < -0.39 is 0 Å². The molecule has 1 aliphatic carbocycles. The van der Waals surface area contributed by atoms with Gasteiger partial charge in [0.05, 0.1) is 23.3 Å². The first-order chi connectivity index (χ1) is 17.2. The number of nitrogens with one attached hydrogen (secondary N) is 1. The van der Waals surface area contributed by atoms with Crippen LogP contribution in [-0.2, 0) is 6.61 Å². The Labute approximate surface area is 206 Å². The van der Waals surface area contributed by atoms with E-state index in [-0.39, 0.29) is 6.61 Å². The largest absolute Gasteiger partial charge is 0.390 e. The molecule has 1 aliphatic rings. The zero-order valence-corrected chi connectivity index (χ0v) is 20.2. The third kappa shape index (κ3) is 3.98. The maximum Gasteiger partial charge on any atom is 0.0852 e. The molecule has 35 heavy (non-hydrogen) atoms. The van der Waals surface area contributed by atoms with E-state index in [1.807, 2.05) is 12.3 Å². The maximum atomic E-state index is 9.42. The van der Waals surface area contributed by atoms with Crippen LogP contribution in [0, 0.1) is 6.92 Å². The fourth-order valence-electron chi connectivity index (χ4n) is 5.59. The van der Waals surface area contributed by atoms with Crippen LogP contribution in [0.3, 0.4) is 0 Å². The fourth-order valence-corrected chi connectivity index (χ4v) is 5.59. The Kier molecular flexibility index (Phi) is 5.75. The number of anilines is 1. The summed E-state index contributed by atoms with van der Waals surface area (Å²) in [6, 6.07) is 26.5. The molecule has 6 rings (SSSR count). The van der Waals surface area contributed by atoms with Gasteiger partial charge in [0.1, 0.15) is 0 Å². The molecule has 5 aromatic rings. The molecule has 176 valence electrons. The Morgan fingerprint density at radius 1 is 0.914 bits per heavy atom. The van der Waals surface area contributed by atoms with Crippen LogP contribution >= 0.6 is 0 Å². The molecule has 1 saturated carbocycles. The molecule has 0 spiro atoms. The van der Waals surface area contributed by atoms with Gasteiger partial charge in [-0.2, -0.15) is 0 Å². The van der Waals surface area contributed by atoms with Gasteiger partial charge in [0, 0.05) is 39.9 Å². The van der Waals surface area contributed by atoms with Crippen LogP contribution < -0.4 is 5.32 Å². The number of nitrogens with zero attached hydrogens (tertiary/aromatic N) is 2. The highest BCUT2D eigenvalue weighted by Gasteiger charge is 2.18. The summed E-state index contributed by atoms with van der Waals surface area (Å²) in [6.07, 6.45) is 8.38. The number of pyridine rings is 1. The SMILES string of the molecule is Cc1ccc(-n2c3ccccc3c3c(-c4ccc(CO)nc4)cccc32)cc1NC1CCCCC1. The van der Waals surface area contributed by atoms with Crippen molar-refractivity contribution in [1.82, 2.24) is 9.55 Å². The molecule has 0 aliphatic heterocycles. The van der Waals surface area contributed by atoms with Crippen molar-refractivity contribution < 1.29 is 5.11 Å². The van der Waals surface area contributed by atoms with Crippen molar-refractivity contribution in [2.24, 2.45) is 0 Å². The van der Waals surface area contributed by atoms with E-state index in [9.17, 15) is 5.11 Å². The first kappa shape index (κ1) is 21.9. The highest BCUT2D eigenvalue weighted by Crippen LogP contribution is 2.39. The number of aromatic nitrogens is 2. The summed E-state index contributed by atoms with van der Waals surface area (Å²) in [7, 11) is 0. The topological polar surface area (TPSA) is 50.1 Å². The Hall–Kier alpha value is -3.63. The average molecular weight is 462 g/mol. The van der Waals surface area contributed by atoms with E-state index >= 15 is 0 Å². The van der Waals surface area contributed by atoms with Crippen LogP contribution in [0.25, 0.3) is 38.6 Å². The molecule has 2 N–H and O–H groups in total. The molecule has 0 saturated heterocycles. The summed E-state index contributed by atoms with van der Waals surface area (Å²) < 4.78 is 2.38. The van der Waals surface area contributed by atoms with Crippen molar-refractivity contribution in [1.29, 1.82) is 0 Å². The third-order valence-electron chi connectivity index (χ3n) is 7.44. The minimum absolute atomic E-state index is 0.0472. The Balaban J connectivity index is 1.53. The van der Waals surface area contributed by atoms with Gasteiger partial charge in [-0.3, -0.25) is 4.98 Å². The molecule has 2 aromatic heterocycles. The Morgan fingerprint density at radius 3 is 2.54 bits per heavy atom. The third-order valence-corrected chi connectivity index (χ3v) is 7.44. The summed E-state index contributed by atoms with van der Waals surface area (Å²) in [4.78, 5) is 4.44. The van der Waals surface area contributed by atoms with Gasteiger partial charge >= 0.3 is 0 Å². The summed E-state index contributed by atoms with van der Waals surface area (Å²) in [5.74, 6) is 0. The van der Waals surface area contributed by atoms with Gasteiger partial charge in [0.25, 0.3) is 0 Å². The van der Waals surface area contributed by atoms with Crippen molar-refractivity contribution in [3.63, 3.8) is 0 Å².